The minimum atomic E-state index is 0.552. The van der Waals surface area contributed by atoms with Crippen LogP contribution in [-0.2, 0) is 17.8 Å². The molecule has 0 aromatic carbocycles. The van der Waals surface area contributed by atoms with Gasteiger partial charge < -0.3 is 10.5 Å². The zero-order valence-electron chi connectivity index (χ0n) is 8.78. The van der Waals surface area contributed by atoms with Crippen molar-refractivity contribution in [2.75, 3.05) is 13.2 Å². The summed E-state index contributed by atoms with van der Waals surface area (Å²) in [7, 11) is 0. The van der Waals surface area contributed by atoms with Crippen LogP contribution >= 0.6 is 0 Å². The molecule has 0 unspecified atom stereocenters. The van der Waals surface area contributed by atoms with E-state index in [2.05, 4.69) is 12.0 Å². The van der Waals surface area contributed by atoms with Crippen molar-refractivity contribution in [2.45, 2.75) is 32.9 Å². The maximum Gasteiger partial charge on any atom is 0.0662 e. The molecule has 0 atom stereocenters. The number of hydrogen-bond donors (Lipinski definition) is 1. The average Bonchev–Trinajstić information content (AvgIpc) is 2.65. The largest absolute Gasteiger partial charge is 0.380 e. The van der Waals surface area contributed by atoms with E-state index in [1.807, 2.05) is 10.9 Å². The first-order valence-electron chi connectivity index (χ1n) is 5.16. The number of unbranched alkanes of at least 4 members (excludes halogenated alkanes) is 1. The lowest BCUT2D eigenvalue weighted by Crippen LogP contribution is -2.07. The smallest absolute Gasteiger partial charge is 0.0662 e. The third kappa shape index (κ3) is 3.89. The standard InChI is InChI=1S/C10H19N3O/c1-2-3-5-14-6-4-13-9-10(7-11)8-12-13/h8-9H,2-7,11H2,1H3. The molecule has 0 aliphatic heterocycles. The Labute approximate surface area is 85.0 Å². The van der Waals surface area contributed by atoms with Gasteiger partial charge in [0.1, 0.15) is 0 Å². The predicted molar refractivity (Wildman–Crippen MR) is 55.8 cm³/mol. The predicted octanol–water partition coefficient (Wildman–Crippen LogP) is 1.16. The first-order chi connectivity index (χ1) is 6.86. The normalized spacial score (nSPS) is 10.7. The van der Waals surface area contributed by atoms with E-state index in [-0.39, 0.29) is 0 Å². The number of hydrogen-bond acceptors (Lipinski definition) is 3. The fourth-order valence-corrected chi connectivity index (χ4v) is 1.14. The van der Waals surface area contributed by atoms with Crippen molar-refractivity contribution in [1.29, 1.82) is 0 Å². The minimum absolute atomic E-state index is 0.552. The molecule has 0 spiro atoms. The zero-order chi connectivity index (χ0) is 10.2. The Kier molecular flexibility index (Phi) is 5.25. The third-order valence-corrected chi connectivity index (χ3v) is 2.03. The molecule has 4 heteroatoms. The van der Waals surface area contributed by atoms with Crippen molar-refractivity contribution in [3.8, 4) is 0 Å². The second-order valence-corrected chi connectivity index (χ2v) is 3.28. The molecule has 0 saturated carbocycles. The molecule has 2 N–H and O–H groups in total. The topological polar surface area (TPSA) is 53.1 Å². The van der Waals surface area contributed by atoms with Crippen LogP contribution in [0.25, 0.3) is 0 Å². The summed E-state index contributed by atoms with van der Waals surface area (Å²) in [5.41, 5.74) is 6.54. The average molecular weight is 197 g/mol. The van der Waals surface area contributed by atoms with Gasteiger partial charge in [-0.3, -0.25) is 4.68 Å². The first kappa shape index (κ1) is 11.2. The first-order valence-corrected chi connectivity index (χ1v) is 5.16. The van der Waals surface area contributed by atoms with E-state index < -0.39 is 0 Å². The summed E-state index contributed by atoms with van der Waals surface area (Å²) in [4.78, 5) is 0. The van der Waals surface area contributed by atoms with Gasteiger partial charge in [-0.1, -0.05) is 13.3 Å². The number of nitrogens with zero attached hydrogens (tertiary/aromatic N) is 2. The van der Waals surface area contributed by atoms with Gasteiger partial charge in [0.2, 0.25) is 0 Å². The summed E-state index contributed by atoms with van der Waals surface area (Å²) in [6.45, 7) is 5.10. The molecule has 1 heterocycles. The van der Waals surface area contributed by atoms with Crippen molar-refractivity contribution in [2.24, 2.45) is 5.73 Å². The SMILES string of the molecule is CCCCOCCn1cc(CN)cn1. The van der Waals surface area contributed by atoms with Crippen LogP contribution in [0.3, 0.4) is 0 Å². The fraction of sp³-hybridized carbons (Fsp3) is 0.700. The van der Waals surface area contributed by atoms with E-state index in [4.69, 9.17) is 10.5 Å². The Morgan fingerprint density at radius 1 is 1.50 bits per heavy atom. The Morgan fingerprint density at radius 2 is 2.36 bits per heavy atom. The van der Waals surface area contributed by atoms with Gasteiger partial charge in [0.25, 0.3) is 0 Å². The van der Waals surface area contributed by atoms with Crippen LogP contribution in [0.1, 0.15) is 25.3 Å². The van der Waals surface area contributed by atoms with Crippen molar-refractivity contribution in [3.63, 3.8) is 0 Å². The van der Waals surface area contributed by atoms with Crippen molar-refractivity contribution in [1.82, 2.24) is 9.78 Å². The lowest BCUT2D eigenvalue weighted by molar-refractivity contribution is 0.121. The van der Waals surface area contributed by atoms with Gasteiger partial charge >= 0.3 is 0 Å². The Morgan fingerprint density at radius 3 is 3.00 bits per heavy atom. The molecule has 0 radical (unpaired) electrons. The molecule has 0 aliphatic rings. The third-order valence-electron chi connectivity index (χ3n) is 2.03. The fourth-order valence-electron chi connectivity index (χ4n) is 1.14. The highest BCUT2D eigenvalue weighted by Gasteiger charge is 1.95. The van der Waals surface area contributed by atoms with Crippen LogP contribution in [0.5, 0.6) is 0 Å². The minimum Gasteiger partial charge on any atom is -0.380 e. The molecule has 0 aliphatic carbocycles. The highest BCUT2D eigenvalue weighted by molar-refractivity contribution is 5.02. The zero-order valence-corrected chi connectivity index (χ0v) is 8.78. The van der Waals surface area contributed by atoms with E-state index in [1.54, 1.807) is 6.20 Å². The van der Waals surface area contributed by atoms with Crippen molar-refractivity contribution in [3.05, 3.63) is 18.0 Å². The summed E-state index contributed by atoms with van der Waals surface area (Å²) in [5, 5.41) is 4.16. The van der Waals surface area contributed by atoms with E-state index in [0.29, 0.717) is 6.54 Å². The molecular weight excluding hydrogens is 178 g/mol. The molecule has 0 bridgehead atoms. The highest BCUT2D eigenvalue weighted by atomic mass is 16.5. The van der Waals surface area contributed by atoms with Gasteiger partial charge in [0.05, 0.1) is 19.3 Å². The number of nitrogens with two attached hydrogens (primary N) is 1. The monoisotopic (exact) mass is 197 g/mol. The molecule has 1 aromatic heterocycles. The summed E-state index contributed by atoms with van der Waals surface area (Å²) in [6, 6.07) is 0. The summed E-state index contributed by atoms with van der Waals surface area (Å²) in [5.74, 6) is 0. The summed E-state index contributed by atoms with van der Waals surface area (Å²) in [6.07, 6.45) is 6.07. The van der Waals surface area contributed by atoms with E-state index >= 15 is 0 Å². The van der Waals surface area contributed by atoms with Gasteiger partial charge in [-0.25, -0.2) is 0 Å². The highest BCUT2D eigenvalue weighted by Crippen LogP contribution is 1.96. The van der Waals surface area contributed by atoms with Crippen LogP contribution in [0, 0.1) is 0 Å². The van der Waals surface area contributed by atoms with Gasteiger partial charge in [0, 0.05) is 24.9 Å². The van der Waals surface area contributed by atoms with Crippen molar-refractivity contribution >= 4 is 0 Å². The molecule has 0 amide bonds. The van der Waals surface area contributed by atoms with E-state index in [9.17, 15) is 0 Å². The van der Waals surface area contributed by atoms with Crippen LogP contribution < -0.4 is 5.73 Å². The molecule has 0 fully saturated rings. The van der Waals surface area contributed by atoms with Gasteiger partial charge in [-0.2, -0.15) is 5.10 Å². The molecule has 80 valence electrons. The second kappa shape index (κ2) is 6.56. The molecule has 14 heavy (non-hydrogen) atoms. The Hall–Kier alpha value is -0.870. The summed E-state index contributed by atoms with van der Waals surface area (Å²) < 4.78 is 7.30. The molecule has 4 nitrogen and oxygen atoms in total. The van der Waals surface area contributed by atoms with Crippen LogP contribution in [0.15, 0.2) is 12.4 Å². The molecular formula is C10H19N3O. The quantitative estimate of drug-likeness (QED) is 0.667. The lowest BCUT2D eigenvalue weighted by Gasteiger charge is -2.02. The lowest BCUT2D eigenvalue weighted by atomic mass is 10.4. The number of aromatic nitrogens is 2. The van der Waals surface area contributed by atoms with E-state index in [0.717, 1.165) is 31.7 Å². The maximum atomic E-state index is 5.47. The van der Waals surface area contributed by atoms with Crippen LogP contribution in [0.2, 0.25) is 0 Å². The molecule has 1 aromatic rings. The van der Waals surface area contributed by atoms with Crippen LogP contribution in [-0.4, -0.2) is 23.0 Å². The molecule has 0 saturated heterocycles. The van der Waals surface area contributed by atoms with E-state index in [1.165, 1.54) is 6.42 Å². The summed E-state index contributed by atoms with van der Waals surface area (Å²) >= 11 is 0. The van der Waals surface area contributed by atoms with Gasteiger partial charge in [-0.05, 0) is 6.42 Å². The number of ether oxygens (including phenoxy) is 1. The second-order valence-electron chi connectivity index (χ2n) is 3.28. The number of rotatable bonds is 7. The van der Waals surface area contributed by atoms with Gasteiger partial charge in [-0.15, -0.1) is 0 Å². The van der Waals surface area contributed by atoms with Crippen molar-refractivity contribution < 1.29 is 4.74 Å². The molecule has 1 rings (SSSR count). The van der Waals surface area contributed by atoms with Crippen LogP contribution in [0.4, 0.5) is 0 Å². The van der Waals surface area contributed by atoms with Gasteiger partial charge in [0.15, 0.2) is 0 Å². The maximum absolute atomic E-state index is 5.47. The Bertz CT molecular complexity index is 247. The Balaban J connectivity index is 2.12.